The molecular formula is C22H24ClN3O4S. The Morgan fingerprint density at radius 3 is 2.23 bits per heavy atom. The Hall–Kier alpha value is -2.42. The summed E-state index contributed by atoms with van der Waals surface area (Å²) in [6.45, 7) is 1.33. The van der Waals surface area contributed by atoms with Gasteiger partial charge in [-0.05, 0) is 55.7 Å². The first-order chi connectivity index (χ1) is 14.8. The van der Waals surface area contributed by atoms with Crippen LogP contribution in [0.5, 0.6) is 0 Å². The highest BCUT2D eigenvalue weighted by Crippen LogP contribution is 2.28. The number of nitrogens with one attached hydrogen (secondary N) is 1. The Labute approximate surface area is 187 Å². The van der Waals surface area contributed by atoms with Crippen LogP contribution >= 0.6 is 11.6 Å². The van der Waals surface area contributed by atoms with Gasteiger partial charge in [-0.3, -0.25) is 9.59 Å². The van der Waals surface area contributed by atoms with Gasteiger partial charge in [0.15, 0.2) is 0 Å². The number of rotatable bonds is 5. The van der Waals surface area contributed by atoms with Crippen molar-refractivity contribution in [3.8, 4) is 0 Å². The number of nitrogens with zero attached hydrogens (tertiary/aromatic N) is 2. The smallest absolute Gasteiger partial charge is 0.240 e. The molecule has 2 saturated heterocycles. The summed E-state index contributed by atoms with van der Waals surface area (Å²) in [5.41, 5.74) is 0.735. The summed E-state index contributed by atoms with van der Waals surface area (Å²) in [5.74, 6) is -1.06. The van der Waals surface area contributed by atoms with Gasteiger partial charge in [-0.25, -0.2) is 13.1 Å². The number of benzene rings is 2. The van der Waals surface area contributed by atoms with Crippen LogP contribution in [0, 0.1) is 5.92 Å². The van der Waals surface area contributed by atoms with Gasteiger partial charge < -0.3 is 9.80 Å². The zero-order valence-electron chi connectivity index (χ0n) is 16.9. The minimum absolute atomic E-state index is 0.175. The maximum atomic E-state index is 13.0. The molecule has 0 bridgehead atoms. The van der Waals surface area contributed by atoms with Crippen LogP contribution in [-0.4, -0.2) is 50.8 Å². The summed E-state index contributed by atoms with van der Waals surface area (Å²) >= 11 is 5.92. The number of carbonyl (C=O) groups excluding carboxylic acids is 2. The van der Waals surface area contributed by atoms with Crippen LogP contribution in [0.4, 0.5) is 5.69 Å². The molecule has 0 saturated carbocycles. The third kappa shape index (κ3) is 4.76. The quantitative estimate of drug-likeness (QED) is 0.693. The van der Waals surface area contributed by atoms with Gasteiger partial charge in [-0.15, -0.1) is 0 Å². The lowest BCUT2D eigenvalue weighted by Crippen LogP contribution is -2.49. The normalized spacial score (nSPS) is 20.3. The molecule has 2 amide bonds. The molecule has 2 aliphatic rings. The molecule has 1 N–H and O–H groups in total. The van der Waals surface area contributed by atoms with Crippen molar-refractivity contribution < 1.29 is 18.0 Å². The van der Waals surface area contributed by atoms with Crippen molar-refractivity contribution in [3.63, 3.8) is 0 Å². The fourth-order valence-electron chi connectivity index (χ4n) is 4.11. The molecule has 1 unspecified atom stereocenters. The molecule has 2 aliphatic heterocycles. The van der Waals surface area contributed by atoms with E-state index >= 15 is 0 Å². The molecule has 1 atom stereocenters. The number of hydrogen-bond donors (Lipinski definition) is 1. The third-order valence-electron chi connectivity index (χ3n) is 5.82. The van der Waals surface area contributed by atoms with Crippen LogP contribution < -0.4 is 9.62 Å². The van der Waals surface area contributed by atoms with Gasteiger partial charge in [0.25, 0.3) is 0 Å². The fourth-order valence-corrected chi connectivity index (χ4v) is 5.56. The Kier molecular flexibility index (Phi) is 6.31. The molecule has 31 heavy (non-hydrogen) atoms. The van der Waals surface area contributed by atoms with E-state index in [1.54, 1.807) is 64.4 Å². The van der Waals surface area contributed by atoms with Gasteiger partial charge in [0, 0.05) is 36.4 Å². The molecule has 0 radical (unpaired) electrons. The van der Waals surface area contributed by atoms with Gasteiger partial charge in [-0.1, -0.05) is 29.8 Å². The molecule has 4 rings (SSSR count). The van der Waals surface area contributed by atoms with Crippen LogP contribution in [0.3, 0.4) is 0 Å². The summed E-state index contributed by atoms with van der Waals surface area (Å²) in [5, 5.41) is 0.591. The predicted molar refractivity (Wildman–Crippen MR) is 118 cm³/mol. The number of halogens is 1. The first-order valence-corrected chi connectivity index (χ1v) is 12.1. The average molecular weight is 462 g/mol. The molecule has 164 valence electrons. The van der Waals surface area contributed by atoms with Crippen molar-refractivity contribution in [1.29, 1.82) is 0 Å². The van der Waals surface area contributed by atoms with Gasteiger partial charge in [0.2, 0.25) is 21.8 Å². The van der Waals surface area contributed by atoms with Crippen LogP contribution in [-0.2, 0) is 19.6 Å². The molecule has 2 aromatic rings. The largest absolute Gasteiger partial charge is 0.342 e. The van der Waals surface area contributed by atoms with Crippen molar-refractivity contribution in [2.24, 2.45) is 5.92 Å². The molecule has 2 aromatic carbocycles. The van der Waals surface area contributed by atoms with Crippen LogP contribution in [0.15, 0.2) is 59.5 Å². The Balaban J connectivity index is 1.33. The van der Waals surface area contributed by atoms with Crippen LogP contribution in [0.1, 0.15) is 19.3 Å². The standard InChI is InChI=1S/C22H24ClN3O4S/c23-16-6-8-18(9-7-16)26-15-12-20(22(26)28)21(27)25-13-10-17(11-14-25)24-31(29,30)19-4-2-1-3-5-19/h1-9,17,20,24H,10-15H2. The zero-order chi connectivity index (χ0) is 22.0. The second-order valence-electron chi connectivity index (χ2n) is 7.84. The van der Waals surface area contributed by atoms with E-state index in [9.17, 15) is 18.0 Å². The summed E-state index contributed by atoms with van der Waals surface area (Å²) in [6, 6.07) is 15.0. The van der Waals surface area contributed by atoms with Gasteiger partial charge in [0.1, 0.15) is 5.92 Å². The van der Waals surface area contributed by atoms with Crippen molar-refractivity contribution in [2.45, 2.75) is 30.2 Å². The molecule has 9 heteroatoms. The van der Waals surface area contributed by atoms with Crippen molar-refractivity contribution >= 4 is 39.1 Å². The summed E-state index contributed by atoms with van der Waals surface area (Å²) in [6.07, 6.45) is 1.50. The summed E-state index contributed by atoms with van der Waals surface area (Å²) in [7, 11) is -3.59. The number of carbonyl (C=O) groups is 2. The van der Waals surface area contributed by atoms with E-state index in [1.165, 1.54) is 0 Å². The van der Waals surface area contributed by atoms with E-state index < -0.39 is 15.9 Å². The lowest BCUT2D eigenvalue weighted by Gasteiger charge is -2.33. The molecule has 0 spiro atoms. The van der Waals surface area contributed by atoms with E-state index in [4.69, 9.17) is 11.6 Å². The molecule has 0 aromatic heterocycles. The Morgan fingerprint density at radius 1 is 0.935 bits per heavy atom. The highest BCUT2D eigenvalue weighted by atomic mass is 35.5. The number of likely N-dealkylation sites (tertiary alicyclic amines) is 1. The van der Waals surface area contributed by atoms with E-state index in [-0.39, 0.29) is 22.8 Å². The zero-order valence-corrected chi connectivity index (χ0v) is 18.5. The summed E-state index contributed by atoms with van der Waals surface area (Å²) in [4.78, 5) is 29.3. The molecule has 2 fully saturated rings. The lowest BCUT2D eigenvalue weighted by atomic mass is 10.0. The highest BCUT2D eigenvalue weighted by Gasteiger charge is 2.40. The first kappa shape index (κ1) is 21.8. The van der Waals surface area contributed by atoms with Crippen LogP contribution in [0.25, 0.3) is 0 Å². The van der Waals surface area contributed by atoms with Crippen molar-refractivity contribution in [1.82, 2.24) is 9.62 Å². The van der Waals surface area contributed by atoms with Gasteiger partial charge in [-0.2, -0.15) is 0 Å². The molecular weight excluding hydrogens is 438 g/mol. The Bertz CT molecular complexity index is 1050. The van der Waals surface area contributed by atoms with E-state index in [2.05, 4.69) is 4.72 Å². The summed E-state index contributed by atoms with van der Waals surface area (Å²) < 4.78 is 27.8. The maximum Gasteiger partial charge on any atom is 0.240 e. The average Bonchev–Trinajstić information content (AvgIpc) is 3.16. The van der Waals surface area contributed by atoms with E-state index in [0.717, 1.165) is 5.69 Å². The highest BCUT2D eigenvalue weighted by molar-refractivity contribution is 7.89. The number of hydrogen-bond acceptors (Lipinski definition) is 4. The molecule has 2 heterocycles. The fraction of sp³-hybridized carbons (Fsp3) is 0.364. The predicted octanol–water partition coefficient (Wildman–Crippen LogP) is 2.66. The lowest BCUT2D eigenvalue weighted by molar-refractivity contribution is -0.140. The third-order valence-corrected chi connectivity index (χ3v) is 7.61. The minimum atomic E-state index is -3.59. The monoisotopic (exact) mass is 461 g/mol. The van der Waals surface area contributed by atoms with Crippen LogP contribution in [0.2, 0.25) is 5.02 Å². The number of anilines is 1. The van der Waals surface area contributed by atoms with Gasteiger partial charge in [0.05, 0.1) is 4.90 Å². The number of piperidine rings is 1. The number of sulfonamides is 1. The van der Waals surface area contributed by atoms with E-state index in [1.807, 2.05) is 0 Å². The van der Waals surface area contributed by atoms with Gasteiger partial charge >= 0.3 is 0 Å². The molecule has 7 nitrogen and oxygen atoms in total. The van der Waals surface area contributed by atoms with Crippen molar-refractivity contribution in [2.75, 3.05) is 24.5 Å². The van der Waals surface area contributed by atoms with E-state index in [0.29, 0.717) is 43.9 Å². The maximum absolute atomic E-state index is 13.0. The second-order valence-corrected chi connectivity index (χ2v) is 9.99. The SMILES string of the molecule is O=C(C1CCN(c2ccc(Cl)cc2)C1=O)N1CCC(NS(=O)(=O)c2ccccc2)CC1. The minimum Gasteiger partial charge on any atom is -0.342 e. The Morgan fingerprint density at radius 2 is 1.58 bits per heavy atom. The van der Waals surface area contributed by atoms with Crippen molar-refractivity contribution in [3.05, 3.63) is 59.6 Å². The number of amides is 2. The second kappa shape index (κ2) is 8.98. The topological polar surface area (TPSA) is 86.8 Å². The molecule has 0 aliphatic carbocycles. The first-order valence-electron chi connectivity index (χ1n) is 10.3.